The minimum atomic E-state index is 0.529. The molecule has 17 heavy (non-hydrogen) atoms. The summed E-state index contributed by atoms with van der Waals surface area (Å²) in [4.78, 5) is 2.27. The van der Waals surface area contributed by atoms with E-state index in [4.69, 9.17) is 9.47 Å². The average Bonchev–Trinajstić information content (AvgIpc) is 2.25. The van der Waals surface area contributed by atoms with E-state index in [1.54, 1.807) is 0 Å². The predicted molar refractivity (Wildman–Crippen MR) is 72.5 cm³/mol. The van der Waals surface area contributed by atoms with Crippen molar-refractivity contribution >= 4 is 0 Å². The van der Waals surface area contributed by atoms with E-state index in [2.05, 4.69) is 45.0 Å². The van der Waals surface area contributed by atoms with Crippen LogP contribution in [0.1, 0.15) is 27.7 Å². The normalized spacial score (nSPS) is 12.0. The van der Waals surface area contributed by atoms with Gasteiger partial charge in [0.25, 0.3) is 0 Å². The van der Waals surface area contributed by atoms with E-state index in [0.29, 0.717) is 25.3 Å². The Balaban J connectivity index is 3.09. The number of likely N-dealkylation sites (N-methyl/N-ethyl adjacent to an activating group) is 1. The summed E-state index contributed by atoms with van der Waals surface area (Å²) in [5, 5.41) is 3.30. The highest BCUT2D eigenvalue weighted by Gasteiger charge is 2.01. The molecule has 0 saturated carbocycles. The molecule has 0 heterocycles. The first-order valence-corrected chi connectivity index (χ1v) is 6.63. The molecule has 0 radical (unpaired) electrons. The maximum atomic E-state index is 5.50. The molecule has 0 aromatic carbocycles. The third kappa shape index (κ3) is 12.1. The molecule has 0 fully saturated rings. The van der Waals surface area contributed by atoms with Crippen molar-refractivity contribution in [2.75, 3.05) is 46.6 Å². The fraction of sp³-hybridized carbons (Fsp3) is 1.00. The third-order valence-corrected chi connectivity index (χ3v) is 2.64. The second kappa shape index (κ2) is 11.0. The van der Waals surface area contributed by atoms with Crippen LogP contribution in [-0.2, 0) is 9.47 Å². The standard InChI is InChI=1S/C13H30N2O2/c1-12(2)14-6-8-16-10-11-17-9-7-15(5)13(3)4/h12-14H,6-11H2,1-5H3. The first-order valence-electron chi connectivity index (χ1n) is 6.63. The van der Waals surface area contributed by atoms with Gasteiger partial charge in [-0.1, -0.05) is 13.8 Å². The quantitative estimate of drug-likeness (QED) is 0.558. The molecule has 1 N–H and O–H groups in total. The van der Waals surface area contributed by atoms with Gasteiger partial charge in [-0.15, -0.1) is 0 Å². The van der Waals surface area contributed by atoms with Gasteiger partial charge in [0.2, 0.25) is 0 Å². The van der Waals surface area contributed by atoms with Gasteiger partial charge in [0, 0.05) is 25.2 Å². The molecule has 0 aromatic heterocycles. The van der Waals surface area contributed by atoms with Crippen LogP contribution in [0.3, 0.4) is 0 Å². The van der Waals surface area contributed by atoms with Crippen molar-refractivity contribution in [2.45, 2.75) is 39.8 Å². The Labute approximate surface area is 107 Å². The average molecular weight is 246 g/mol. The summed E-state index contributed by atoms with van der Waals surface area (Å²) in [5.41, 5.74) is 0. The van der Waals surface area contributed by atoms with E-state index in [1.807, 2.05) is 0 Å². The minimum absolute atomic E-state index is 0.529. The maximum Gasteiger partial charge on any atom is 0.0701 e. The number of nitrogens with one attached hydrogen (secondary N) is 1. The molecule has 0 rings (SSSR count). The molecule has 0 spiro atoms. The van der Waals surface area contributed by atoms with Crippen LogP contribution in [0, 0.1) is 0 Å². The van der Waals surface area contributed by atoms with Crippen LogP contribution in [0.2, 0.25) is 0 Å². The lowest BCUT2D eigenvalue weighted by Gasteiger charge is -2.20. The van der Waals surface area contributed by atoms with Crippen LogP contribution in [0.5, 0.6) is 0 Å². The van der Waals surface area contributed by atoms with Crippen molar-refractivity contribution < 1.29 is 9.47 Å². The van der Waals surface area contributed by atoms with Crippen LogP contribution in [0.25, 0.3) is 0 Å². The van der Waals surface area contributed by atoms with Gasteiger partial charge in [0.1, 0.15) is 0 Å². The third-order valence-electron chi connectivity index (χ3n) is 2.64. The summed E-state index contributed by atoms with van der Waals surface area (Å²) < 4.78 is 10.9. The van der Waals surface area contributed by atoms with Gasteiger partial charge in [0.05, 0.1) is 26.4 Å². The highest BCUT2D eigenvalue weighted by molar-refractivity contribution is 4.55. The minimum Gasteiger partial charge on any atom is -0.378 e. The Bertz CT molecular complexity index is 163. The molecule has 0 aliphatic rings. The highest BCUT2D eigenvalue weighted by atomic mass is 16.5. The van der Waals surface area contributed by atoms with Gasteiger partial charge in [0.15, 0.2) is 0 Å². The molecule has 0 unspecified atom stereocenters. The Morgan fingerprint density at radius 3 is 2.06 bits per heavy atom. The largest absolute Gasteiger partial charge is 0.378 e. The van der Waals surface area contributed by atoms with Crippen LogP contribution in [0.4, 0.5) is 0 Å². The van der Waals surface area contributed by atoms with Crippen molar-refractivity contribution in [1.82, 2.24) is 10.2 Å². The van der Waals surface area contributed by atoms with E-state index in [-0.39, 0.29) is 0 Å². The number of hydrogen-bond donors (Lipinski definition) is 1. The molecule has 104 valence electrons. The van der Waals surface area contributed by atoms with E-state index in [0.717, 1.165) is 26.3 Å². The fourth-order valence-corrected chi connectivity index (χ4v) is 1.21. The van der Waals surface area contributed by atoms with E-state index < -0.39 is 0 Å². The van der Waals surface area contributed by atoms with Crippen molar-refractivity contribution in [1.29, 1.82) is 0 Å². The lowest BCUT2D eigenvalue weighted by Crippen LogP contribution is -2.30. The summed E-state index contributed by atoms with van der Waals surface area (Å²) in [6.07, 6.45) is 0. The van der Waals surface area contributed by atoms with Gasteiger partial charge in [-0.25, -0.2) is 0 Å². The lowest BCUT2D eigenvalue weighted by atomic mass is 10.3. The van der Waals surface area contributed by atoms with E-state index in [1.165, 1.54) is 0 Å². The summed E-state index contributed by atoms with van der Waals surface area (Å²) in [6, 6.07) is 1.11. The van der Waals surface area contributed by atoms with Gasteiger partial charge in [-0.05, 0) is 20.9 Å². The Morgan fingerprint density at radius 2 is 1.53 bits per heavy atom. The summed E-state index contributed by atoms with van der Waals surface area (Å²) in [6.45, 7) is 13.4. The van der Waals surface area contributed by atoms with E-state index in [9.17, 15) is 0 Å². The second-order valence-electron chi connectivity index (χ2n) is 4.91. The number of hydrogen-bond acceptors (Lipinski definition) is 4. The summed E-state index contributed by atoms with van der Waals surface area (Å²) in [7, 11) is 2.11. The van der Waals surface area contributed by atoms with Gasteiger partial charge >= 0.3 is 0 Å². The fourth-order valence-electron chi connectivity index (χ4n) is 1.21. The van der Waals surface area contributed by atoms with Crippen molar-refractivity contribution in [3.8, 4) is 0 Å². The molecule has 0 bridgehead atoms. The molecular formula is C13H30N2O2. The van der Waals surface area contributed by atoms with Crippen molar-refractivity contribution in [2.24, 2.45) is 0 Å². The molecule has 0 amide bonds. The summed E-state index contributed by atoms with van der Waals surface area (Å²) in [5.74, 6) is 0. The van der Waals surface area contributed by atoms with Gasteiger partial charge in [-0.2, -0.15) is 0 Å². The topological polar surface area (TPSA) is 33.7 Å². The number of ether oxygens (including phenoxy) is 2. The van der Waals surface area contributed by atoms with Crippen LogP contribution in [0.15, 0.2) is 0 Å². The van der Waals surface area contributed by atoms with Crippen LogP contribution in [-0.4, -0.2) is 63.5 Å². The zero-order chi connectivity index (χ0) is 13.1. The maximum absolute atomic E-state index is 5.50. The molecule has 4 nitrogen and oxygen atoms in total. The molecule has 0 atom stereocenters. The molecule has 4 heteroatoms. The first-order chi connectivity index (χ1) is 8.04. The highest BCUT2D eigenvalue weighted by Crippen LogP contribution is 1.92. The molecule has 0 aliphatic carbocycles. The van der Waals surface area contributed by atoms with Crippen LogP contribution >= 0.6 is 0 Å². The van der Waals surface area contributed by atoms with Crippen LogP contribution < -0.4 is 5.32 Å². The first kappa shape index (κ1) is 16.8. The second-order valence-corrected chi connectivity index (χ2v) is 4.91. The Kier molecular flexibility index (Phi) is 10.9. The molecule has 0 aliphatic heterocycles. The molecular weight excluding hydrogens is 216 g/mol. The van der Waals surface area contributed by atoms with Crippen molar-refractivity contribution in [3.05, 3.63) is 0 Å². The predicted octanol–water partition coefficient (Wildman–Crippen LogP) is 1.36. The zero-order valence-electron chi connectivity index (χ0n) is 12.2. The van der Waals surface area contributed by atoms with Gasteiger partial charge in [-0.3, -0.25) is 0 Å². The summed E-state index contributed by atoms with van der Waals surface area (Å²) >= 11 is 0. The number of nitrogens with zero attached hydrogens (tertiary/aromatic N) is 1. The number of rotatable bonds is 11. The smallest absolute Gasteiger partial charge is 0.0701 e. The Morgan fingerprint density at radius 1 is 0.941 bits per heavy atom. The monoisotopic (exact) mass is 246 g/mol. The zero-order valence-corrected chi connectivity index (χ0v) is 12.2. The van der Waals surface area contributed by atoms with Gasteiger partial charge < -0.3 is 19.7 Å². The van der Waals surface area contributed by atoms with E-state index >= 15 is 0 Å². The van der Waals surface area contributed by atoms with Crippen molar-refractivity contribution in [3.63, 3.8) is 0 Å². The Hall–Kier alpha value is -0.160. The molecule has 0 saturated heterocycles. The SMILES string of the molecule is CC(C)NCCOCCOCCN(C)C(C)C. The lowest BCUT2D eigenvalue weighted by molar-refractivity contribution is 0.0391. The molecule has 0 aromatic rings.